The van der Waals surface area contributed by atoms with E-state index in [0.717, 1.165) is 5.56 Å². The summed E-state index contributed by atoms with van der Waals surface area (Å²) in [4.78, 5) is 41.2. The Morgan fingerprint density at radius 1 is 1.19 bits per heavy atom. The number of aromatic hydroxyl groups is 1. The highest BCUT2D eigenvalue weighted by molar-refractivity contribution is 7.80. The van der Waals surface area contributed by atoms with Crippen molar-refractivity contribution in [2.24, 2.45) is 0 Å². The molecule has 200 valence electrons. The van der Waals surface area contributed by atoms with Gasteiger partial charge in [-0.05, 0) is 69.5 Å². The molecule has 8 nitrogen and oxygen atoms in total. The zero-order chi connectivity index (χ0) is 27.9. The van der Waals surface area contributed by atoms with Gasteiger partial charge in [-0.25, -0.2) is 4.79 Å². The normalized spacial score (nSPS) is 12.7. The first kappa shape index (κ1) is 30.1. The van der Waals surface area contributed by atoms with Crippen LogP contribution in [0.3, 0.4) is 0 Å². The van der Waals surface area contributed by atoms with Crippen molar-refractivity contribution in [1.29, 1.82) is 0 Å². The zero-order valence-electron chi connectivity index (χ0n) is 21.7. The molecule has 2 aromatic rings. The van der Waals surface area contributed by atoms with Gasteiger partial charge in [0, 0.05) is 12.3 Å². The number of aryl methyl sites for hydroxylation is 2. The van der Waals surface area contributed by atoms with Crippen LogP contribution in [0.15, 0.2) is 49.1 Å². The number of carbonyl (C=O) groups is 3. The van der Waals surface area contributed by atoms with Crippen molar-refractivity contribution >= 4 is 47.8 Å². The molecule has 10 heteroatoms. The number of anilines is 1. The summed E-state index contributed by atoms with van der Waals surface area (Å²) in [6, 6.07) is 7.62. The maximum absolute atomic E-state index is 13.8. The molecule has 0 aliphatic carbocycles. The van der Waals surface area contributed by atoms with E-state index in [-0.39, 0.29) is 18.0 Å². The molecule has 0 saturated carbocycles. The van der Waals surface area contributed by atoms with Crippen molar-refractivity contribution in [3.63, 3.8) is 0 Å². The molecule has 3 N–H and O–H groups in total. The van der Waals surface area contributed by atoms with Crippen LogP contribution in [0.1, 0.15) is 43.5 Å². The van der Waals surface area contributed by atoms with Crippen molar-refractivity contribution in [1.82, 2.24) is 10.2 Å². The fraction of sp³-hybridized carbons (Fsp3) is 0.370. The molecule has 0 aromatic heterocycles. The Morgan fingerprint density at radius 2 is 1.86 bits per heavy atom. The molecule has 0 aliphatic rings. The fourth-order valence-corrected chi connectivity index (χ4v) is 4.12. The Kier molecular flexibility index (Phi) is 10.5. The van der Waals surface area contributed by atoms with Crippen LogP contribution >= 0.6 is 24.2 Å². The molecule has 0 fully saturated rings. The van der Waals surface area contributed by atoms with Crippen molar-refractivity contribution in [3.05, 3.63) is 70.8 Å². The second kappa shape index (κ2) is 12.9. The van der Waals surface area contributed by atoms with Gasteiger partial charge in [-0.3, -0.25) is 9.59 Å². The summed E-state index contributed by atoms with van der Waals surface area (Å²) in [6.45, 7) is 12.3. The van der Waals surface area contributed by atoms with Crippen molar-refractivity contribution in [2.75, 3.05) is 17.6 Å². The minimum absolute atomic E-state index is 0.0153. The number of carbonyl (C=O) groups excluding carboxylic acids is 3. The minimum atomic E-state index is -1.15. The summed E-state index contributed by atoms with van der Waals surface area (Å²) in [5.41, 5.74) is 1.35. The summed E-state index contributed by atoms with van der Waals surface area (Å²) < 4.78 is 5.29. The van der Waals surface area contributed by atoms with Gasteiger partial charge in [-0.2, -0.15) is 12.6 Å². The number of nitrogens with one attached hydrogen (secondary N) is 2. The van der Waals surface area contributed by atoms with Crippen LogP contribution in [0.5, 0.6) is 5.75 Å². The number of phenols is 1. The number of hydrogen-bond acceptors (Lipinski definition) is 6. The smallest absolute Gasteiger partial charge is 0.408 e. The number of phenolic OH excluding ortho intramolecular Hbond substituents is 1. The SMILES string of the molecule is C=CCN(C(=O)C(CS)NC(=O)OC(C)(C)C)C(C(=O)Nc1c(C)cccc1Cl)c1ccc(O)c(C)c1. The lowest BCUT2D eigenvalue weighted by molar-refractivity contribution is -0.139. The second-order valence-corrected chi connectivity index (χ2v) is 10.3. The second-order valence-electron chi connectivity index (χ2n) is 9.53. The molecular weight excluding hydrogens is 514 g/mol. The molecule has 2 rings (SSSR count). The Bertz CT molecular complexity index is 1140. The first-order valence-corrected chi connectivity index (χ1v) is 12.7. The summed E-state index contributed by atoms with van der Waals surface area (Å²) in [5, 5.41) is 15.8. The molecule has 0 bridgehead atoms. The van der Waals surface area contributed by atoms with Crippen LogP contribution in [0.4, 0.5) is 10.5 Å². The lowest BCUT2D eigenvalue weighted by Gasteiger charge is -2.33. The monoisotopic (exact) mass is 547 g/mol. The number of halogens is 1. The van der Waals surface area contributed by atoms with Crippen LogP contribution in [-0.4, -0.2) is 51.9 Å². The zero-order valence-corrected chi connectivity index (χ0v) is 23.3. The molecule has 3 amide bonds. The molecule has 0 aliphatic heterocycles. The molecule has 37 heavy (non-hydrogen) atoms. The van der Waals surface area contributed by atoms with Gasteiger partial charge in [0.2, 0.25) is 5.91 Å². The number of amides is 3. The molecule has 0 spiro atoms. The molecule has 0 heterocycles. The van der Waals surface area contributed by atoms with Gasteiger partial charge in [-0.1, -0.05) is 35.9 Å². The third-order valence-corrected chi connectivity index (χ3v) is 6.03. The Hall–Kier alpha value is -3.17. The molecule has 2 unspecified atom stereocenters. The Labute approximate surface area is 228 Å². The van der Waals surface area contributed by atoms with E-state index in [9.17, 15) is 19.5 Å². The topological polar surface area (TPSA) is 108 Å². The number of alkyl carbamates (subject to hydrolysis) is 1. The van der Waals surface area contributed by atoms with Gasteiger partial charge in [-0.15, -0.1) is 6.58 Å². The summed E-state index contributed by atoms with van der Waals surface area (Å²) >= 11 is 10.6. The van der Waals surface area contributed by atoms with E-state index in [1.165, 1.54) is 17.0 Å². The first-order chi connectivity index (χ1) is 17.3. The molecule has 0 saturated heterocycles. The van der Waals surface area contributed by atoms with Gasteiger partial charge in [0.15, 0.2) is 0 Å². The van der Waals surface area contributed by atoms with Gasteiger partial charge in [0.1, 0.15) is 23.4 Å². The van der Waals surface area contributed by atoms with E-state index in [2.05, 4.69) is 29.8 Å². The predicted molar refractivity (Wildman–Crippen MR) is 149 cm³/mol. The maximum Gasteiger partial charge on any atom is 0.408 e. The Morgan fingerprint density at radius 3 is 2.41 bits per heavy atom. The lowest BCUT2D eigenvalue weighted by atomic mass is 10.00. The standard InChI is InChI=1S/C27H34ClN3O5S/c1-7-13-31(25(34)20(15-37)29-26(35)36-27(4,5)6)23(18-11-12-21(32)17(3)14-18)24(33)30-22-16(2)9-8-10-19(22)28/h7-12,14,20,23,32,37H,1,13,15H2,2-6H3,(H,29,35)(H,30,33). The third-order valence-electron chi connectivity index (χ3n) is 5.35. The van der Waals surface area contributed by atoms with Crippen molar-refractivity contribution < 1.29 is 24.2 Å². The van der Waals surface area contributed by atoms with Crippen LogP contribution in [0.2, 0.25) is 5.02 Å². The summed E-state index contributed by atoms with van der Waals surface area (Å²) in [6.07, 6.45) is 0.696. The number of rotatable bonds is 9. The van der Waals surface area contributed by atoms with E-state index < -0.39 is 35.6 Å². The fourth-order valence-electron chi connectivity index (χ4n) is 3.60. The lowest BCUT2D eigenvalue weighted by Crippen LogP contribution is -2.53. The van der Waals surface area contributed by atoms with Crippen LogP contribution < -0.4 is 10.6 Å². The highest BCUT2D eigenvalue weighted by atomic mass is 35.5. The van der Waals surface area contributed by atoms with Crippen LogP contribution in [-0.2, 0) is 14.3 Å². The molecular formula is C27H34ClN3O5S. The van der Waals surface area contributed by atoms with Gasteiger partial charge in [0.25, 0.3) is 5.91 Å². The first-order valence-electron chi connectivity index (χ1n) is 11.7. The van der Waals surface area contributed by atoms with Gasteiger partial charge < -0.3 is 25.4 Å². The van der Waals surface area contributed by atoms with Gasteiger partial charge >= 0.3 is 6.09 Å². The minimum Gasteiger partial charge on any atom is -0.508 e. The van der Waals surface area contributed by atoms with E-state index in [1.54, 1.807) is 65.0 Å². The third kappa shape index (κ3) is 8.16. The molecule has 0 radical (unpaired) electrons. The van der Waals surface area contributed by atoms with Crippen LogP contribution in [0.25, 0.3) is 0 Å². The van der Waals surface area contributed by atoms with E-state index in [0.29, 0.717) is 21.8 Å². The van der Waals surface area contributed by atoms with Crippen molar-refractivity contribution in [3.8, 4) is 5.75 Å². The number of thiol groups is 1. The molecule has 2 atom stereocenters. The summed E-state index contributed by atoms with van der Waals surface area (Å²) in [7, 11) is 0. The summed E-state index contributed by atoms with van der Waals surface area (Å²) in [5.74, 6) is -1.10. The molecule has 2 aromatic carbocycles. The van der Waals surface area contributed by atoms with E-state index in [4.69, 9.17) is 16.3 Å². The highest BCUT2D eigenvalue weighted by Gasteiger charge is 2.36. The van der Waals surface area contributed by atoms with E-state index >= 15 is 0 Å². The van der Waals surface area contributed by atoms with Crippen LogP contribution in [0, 0.1) is 13.8 Å². The average molecular weight is 548 g/mol. The predicted octanol–water partition coefficient (Wildman–Crippen LogP) is 5.18. The number of benzene rings is 2. The number of nitrogens with zero attached hydrogens (tertiary/aromatic N) is 1. The largest absolute Gasteiger partial charge is 0.508 e. The van der Waals surface area contributed by atoms with Gasteiger partial charge in [0.05, 0.1) is 10.7 Å². The quantitative estimate of drug-likeness (QED) is 0.255. The van der Waals surface area contributed by atoms with E-state index in [1.807, 2.05) is 0 Å². The Balaban J connectivity index is 2.53. The maximum atomic E-state index is 13.8. The average Bonchev–Trinajstić information content (AvgIpc) is 2.80. The number of hydrogen-bond donors (Lipinski definition) is 4. The number of ether oxygens (including phenoxy) is 1. The highest BCUT2D eigenvalue weighted by Crippen LogP contribution is 2.31. The van der Waals surface area contributed by atoms with Crippen molar-refractivity contribution in [2.45, 2.75) is 52.3 Å². The number of para-hydroxylation sites is 1.